The van der Waals surface area contributed by atoms with Crippen molar-refractivity contribution in [2.24, 2.45) is 0 Å². The van der Waals surface area contributed by atoms with Crippen molar-refractivity contribution in [3.63, 3.8) is 0 Å². The number of anilines is 2. The summed E-state index contributed by atoms with van der Waals surface area (Å²) in [5.74, 6) is -0.392. The Balaban J connectivity index is 1.42. The Bertz CT molecular complexity index is 1500. The molecule has 2 heterocycles. The summed E-state index contributed by atoms with van der Waals surface area (Å²) < 4.78 is 0. The summed E-state index contributed by atoms with van der Waals surface area (Å²) in [4.78, 5) is 36.5. The van der Waals surface area contributed by atoms with E-state index < -0.39 is 0 Å². The van der Waals surface area contributed by atoms with Gasteiger partial charge >= 0.3 is 0 Å². The van der Waals surface area contributed by atoms with Gasteiger partial charge in [0.25, 0.3) is 11.8 Å². The second-order valence-corrected chi connectivity index (χ2v) is 7.62. The molecule has 0 radical (unpaired) electrons. The van der Waals surface area contributed by atoms with E-state index >= 15 is 0 Å². The summed E-state index contributed by atoms with van der Waals surface area (Å²) in [6, 6.07) is 25.7. The quantitative estimate of drug-likeness (QED) is 0.418. The molecule has 1 N–H and O–H groups in total. The molecular weight excluding hydrogens is 412 g/mol. The first-order valence-corrected chi connectivity index (χ1v) is 10.5. The van der Waals surface area contributed by atoms with Crippen LogP contribution in [0.2, 0.25) is 0 Å². The third-order valence-electron chi connectivity index (χ3n) is 5.57. The van der Waals surface area contributed by atoms with E-state index in [-0.39, 0.29) is 11.8 Å². The first-order valence-electron chi connectivity index (χ1n) is 10.5. The molecule has 0 atom stereocenters. The molecular formula is C27H20N4O2. The number of nitrogens with one attached hydrogen (secondary N) is 1. The fourth-order valence-electron chi connectivity index (χ4n) is 3.86. The zero-order chi connectivity index (χ0) is 22.8. The molecule has 2 aromatic heterocycles. The van der Waals surface area contributed by atoms with Crippen molar-refractivity contribution >= 4 is 45.0 Å². The van der Waals surface area contributed by atoms with Crippen LogP contribution in [-0.2, 0) is 0 Å². The second-order valence-electron chi connectivity index (χ2n) is 7.62. The summed E-state index contributed by atoms with van der Waals surface area (Å²) in [6.45, 7) is 0. The Kier molecular flexibility index (Phi) is 5.24. The maximum atomic E-state index is 13.3. The van der Waals surface area contributed by atoms with Crippen molar-refractivity contribution in [1.29, 1.82) is 0 Å². The molecule has 0 aliphatic carbocycles. The number of rotatable bonds is 4. The summed E-state index contributed by atoms with van der Waals surface area (Å²) in [5.41, 5.74) is 3.89. The van der Waals surface area contributed by atoms with Crippen LogP contribution < -0.4 is 10.2 Å². The van der Waals surface area contributed by atoms with Gasteiger partial charge in [-0.1, -0.05) is 42.5 Å². The highest BCUT2D eigenvalue weighted by Gasteiger charge is 2.17. The fourth-order valence-corrected chi connectivity index (χ4v) is 3.86. The molecule has 0 aliphatic heterocycles. The van der Waals surface area contributed by atoms with E-state index in [2.05, 4.69) is 15.3 Å². The summed E-state index contributed by atoms with van der Waals surface area (Å²) in [5, 5.41) is 4.52. The standard InChI is InChI=1S/C27H20N4O2/c1-31(27(33)23-14-16-29-25-12-5-3-10-21(23)25)19-8-6-7-18(17-19)30-26(32)22-13-15-28-24-11-4-2-9-20(22)24/h2-17H,1H3,(H,30,32). The number of amides is 2. The van der Waals surface area contributed by atoms with Crippen LogP contribution in [0.1, 0.15) is 20.7 Å². The lowest BCUT2D eigenvalue weighted by Crippen LogP contribution is -2.26. The largest absolute Gasteiger partial charge is 0.322 e. The zero-order valence-corrected chi connectivity index (χ0v) is 17.9. The van der Waals surface area contributed by atoms with Gasteiger partial charge < -0.3 is 10.2 Å². The maximum Gasteiger partial charge on any atom is 0.258 e. The SMILES string of the molecule is CN(C(=O)c1ccnc2ccccc12)c1cccc(NC(=O)c2ccnc3ccccc23)c1. The number of carbonyl (C=O) groups excluding carboxylic acids is 2. The predicted molar refractivity (Wildman–Crippen MR) is 131 cm³/mol. The van der Waals surface area contributed by atoms with E-state index in [0.717, 1.165) is 21.8 Å². The number of benzene rings is 3. The molecule has 0 saturated carbocycles. The van der Waals surface area contributed by atoms with Gasteiger partial charge in [-0.2, -0.15) is 0 Å². The lowest BCUT2D eigenvalue weighted by molar-refractivity contribution is 0.0993. The van der Waals surface area contributed by atoms with Crippen LogP contribution in [0.5, 0.6) is 0 Å². The molecule has 33 heavy (non-hydrogen) atoms. The molecule has 5 rings (SSSR count). The number of hydrogen-bond acceptors (Lipinski definition) is 4. The molecule has 6 nitrogen and oxygen atoms in total. The number of aromatic nitrogens is 2. The third kappa shape index (κ3) is 3.90. The molecule has 0 unspecified atom stereocenters. The van der Waals surface area contributed by atoms with Crippen molar-refractivity contribution in [2.75, 3.05) is 17.3 Å². The Hall–Kier alpha value is -4.58. The molecule has 3 aromatic carbocycles. The highest BCUT2D eigenvalue weighted by atomic mass is 16.2. The molecule has 160 valence electrons. The first kappa shape index (κ1) is 20.3. The van der Waals surface area contributed by atoms with E-state index in [9.17, 15) is 9.59 Å². The Morgan fingerprint density at radius 1 is 0.727 bits per heavy atom. The minimum absolute atomic E-state index is 0.155. The van der Waals surface area contributed by atoms with Gasteiger partial charge in [0.15, 0.2) is 0 Å². The van der Waals surface area contributed by atoms with Crippen molar-refractivity contribution < 1.29 is 9.59 Å². The summed E-state index contributed by atoms with van der Waals surface area (Å²) >= 11 is 0. The number of nitrogens with zero attached hydrogens (tertiary/aromatic N) is 3. The molecule has 6 heteroatoms. The highest BCUT2D eigenvalue weighted by molar-refractivity contribution is 6.14. The van der Waals surface area contributed by atoms with Gasteiger partial charge in [-0.05, 0) is 42.5 Å². The summed E-state index contributed by atoms with van der Waals surface area (Å²) in [7, 11) is 1.72. The predicted octanol–water partition coefficient (Wildman–Crippen LogP) is 5.31. The van der Waals surface area contributed by atoms with Crippen molar-refractivity contribution in [1.82, 2.24) is 9.97 Å². The van der Waals surface area contributed by atoms with Crippen LogP contribution in [0.15, 0.2) is 97.3 Å². The third-order valence-corrected chi connectivity index (χ3v) is 5.57. The van der Waals surface area contributed by atoms with E-state index in [0.29, 0.717) is 22.5 Å². The average molecular weight is 432 g/mol. The lowest BCUT2D eigenvalue weighted by atomic mass is 10.1. The van der Waals surface area contributed by atoms with E-state index in [1.165, 1.54) is 0 Å². The van der Waals surface area contributed by atoms with Crippen molar-refractivity contribution in [2.45, 2.75) is 0 Å². The minimum Gasteiger partial charge on any atom is -0.322 e. The molecule has 0 aliphatic rings. The minimum atomic E-state index is -0.236. The van der Waals surface area contributed by atoms with Gasteiger partial charge in [0.2, 0.25) is 0 Å². The molecule has 5 aromatic rings. The van der Waals surface area contributed by atoms with Crippen LogP contribution >= 0.6 is 0 Å². The van der Waals surface area contributed by atoms with Crippen LogP contribution in [0, 0.1) is 0 Å². The number of fused-ring (bicyclic) bond motifs is 2. The average Bonchev–Trinajstić information content (AvgIpc) is 2.87. The summed E-state index contributed by atoms with van der Waals surface area (Å²) in [6.07, 6.45) is 3.26. The Morgan fingerprint density at radius 3 is 2.03 bits per heavy atom. The Morgan fingerprint density at radius 2 is 1.33 bits per heavy atom. The van der Waals surface area contributed by atoms with Crippen LogP contribution in [-0.4, -0.2) is 28.8 Å². The van der Waals surface area contributed by atoms with Gasteiger partial charge in [-0.15, -0.1) is 0 Å². The molecule has 0 saturated heterocycles. The number of para-hydroxylation sites is 2. The zero-order valence-electron chi connectivity index (χ0n) is 17.9. The van der Waals surface area contributed by atoms with E-state index in [1.54, 1.807) is 48.6 Å². The molecule has 2 amide bonds. The number of carbonyl (C=O) groups is 2. The molecule has 0 bridgehead atoms. The van der Waals surface area contributed by atoms with Gasteiger partial charge in [-0.3, -0.25) is 19.6 Å². The number of pyridine rings is 2. The van der Waals surface area contributed by atoms with Gasteiger partial charge in [0.05, 0.1) is 22.2 Å². The van der Waals surface area contributed by atoms with Crippen LogP contribution in [0.25, 0.3) is 21.8 Å². The number of hydrogen-bond donors (Lipinski definition) is 1. The smallest absolute Gasteiger partial charge is 0.258 e. The van der Waals surface area contributed by atoms with Gasteiger partial charge in [-0.25, -0.2) is 0 Å². The van der Waals surface area contributed by atoms with Crippen LogP contribution in [0.3, 0.4) is 0 Å². The van der Waals surface area contributed by atoms with Gasteiger partial charge in [0, 0.05) is 41.6 Å². The molecule has 0 spiro atoms. The van der Waals surface area contributed by atoms with Crippen LogP contribution in [0.4, 0.5) is 11.4 Å². The molecule has 0 fully saturated rings. The Labute approximate surface area is 190 Å². The normalized spacial score (nSPS) is 10.8. The fraction of sp³-hybridized carbons (Fsp3) is 0.0370. The lowest BCUT2D eigenvalue weighted by Gasteiger charge is -2.19. The van der Waals surface area contributed by atoms with E-state index in [1.807, 2.05) is 60.7 Å². The van der Waals surface area contributed by atoms with Crippen molar-refractivity contribution in [3.8, 4) is 0 Å². The monoisotopic (exact) mass is 432 g/mol. The second kappa shape index (κ2) is 8.51. The van der Waals surface area contributed by atoms with E-state index in [4.69, 9.17) is 0 Å². The first-order chi connectivity index (χ1) is 16.1. The highest BCUT2D eigenvalue weighted by Crippen LogP contribution is 2.24. The topological polar surface area (TPSA) is 75.2 Å². The van der Waals surface area contributed by atoms with Crippen molar-refractivity contribution in [3.05, 3.63) is 108 Å². The maximum absolute atomic E-state index is 13.3. The van der Waals surface area contributed by atoms with Gasteiger partial charge in [0.1, 0.15) is 0 Å².